The number of aryl methyl sites for hydroxylation is 2. The van der Waals surface area contributed by atoms with E-state index in [2.05, 4.69) is 17.4 Å². The highest BCUT2D eigenvalue weighted by molar-refractivity contribution is 6.03. The molecule has 4 nitrogen and oxygen atoms in total. The number of amides is 2. The Bertz CT molecular complexity index is 578. The summed E-state index contributed by atoms with van der Waals surface area (Å²) in [6, 6.07) is 6.25. The standard InChI is InChI=1S/C16H20N2O2/c1-16(2)15(20)18(9-8-14(19)17-16)13-7-6-11-4-3-5-12(11)10-13/h6-7,10H,3-5,8-9H2,1-2H3,(H,17,19). The van der Waals surface area contributed by atoms with E-state index >= 15 is 0 Å². The quantitative estimate of drug-likeness (QED) is 0.847. The first-order chi connectivity index (χ1) is 9.47. The van der Waals surface area contributed by atoms with Gasteiger partial charge in [-0.2, -0.15) is 0 Å². The summed E-state index contributed by atoms with van der Waals surface area (Å²) >= 11 is 0. The van der Waals surface area contributed by atoms with Crippen molar-refractivity contribution in [1.29, 1.82) is 0 Å². The first kappa shape index (κ1) is 13.2. The fourth-order valence-corrected chi connectivity index (χ4v) is 3.09. The Morgan fingerprint density at radius 1 is 1.10 bits per heavy atom. The molecule has 0 bridgehead atoms. The monoisotopic (exact) mass is 272 g/mol. The number of anilines is 1. The van der Waals surface area contributed by atoms with Crippen molar-refractivity contribution < 1.29 is 9.59 Å². The molecule has 1 aromatic carbocycles. The fraction of sp³-hybridized carbons (Fsp3) is 0.500. The van der Waals surface area contributed by atoms with Crippen molar-refractivity contribution in [3.05, 3.63) is 29.3 Å². The van der Waals surface area contributed by atoms with Crippen molar-refractivity contribution in [3.8, 4) is 0 Å². The molecule has 4 heteroatoms. The zero-order valence-corrected chi connectivity index (χ0v) is 12.0. The van der Waals surface area contributed by atoms with Gasteiger partial charge in [0.25, 0.3) is 5.91 Å². The summed E-state index contributed by atoms with van der Waals surface area (Å²) in [5, 5.41) is 2.79. The van der Waals surface area contributed by atoms with Crippen LogP contribution in [-0.2, 0) is 22.4 Å². The minimum Gasteiger partial charge on any atom is -0.342 e. The van der Waals surface area contributed by atoms with Gasteiger partial charge in [0.1, 0.15) is 5.54 Å². The van der Waals surface area contributed by atoms with Crippen LogP contribution in [0.25, 0.3) is 0 Å². The van der Waals surface area contributed by atoms with Crippen LogP contribution >= 0.6 is 0 Å². The number of nitrogens with zero attached hydrogens (tertiary/aromatic N) is 1. The van der Waals surface area contributed by atoms with Crippen LogP contribution in [0.5, 0.6) is 0 Å². The molecule has 1 saturated heterocycles. The molecule has 1 N–H and O–H groups in total. The van der Waals surface area contributed by atoms with Crippen LogP contribution in [-0.4, -0.2) is 23.9 Å². The predicted molar refractivity (Wildman–Crippen MR) is 77.7 cm³/mol. The van der Waals surface area contributed by atoms with E-state index in [1.807, 2.05) is 6.07 Å². The molecule has 20 heavy (non-hydrogen) atoms. The maximum Gasteiger partial charge on any atom is 0.252 e. The fourth-order valence-electron chi connectivity index (χ4n) is 3.09. The zero-order chi connectivity index (χ0) is 14.3. The average Bonchev–Trinajstić information content (AvgIpc) is 2.81. The summed E-state index contributed by atoms with van der Waals surface area (Å²) in [5.74, 6) is -0.103. The van der Waals surface area contributed by atoms with Gasteiger partial charge in [-0.15, -0.1) is 0 Å². The second-order valence-corrected chi connectivity index (χ2v) is 6.19. The smallest absolute Gasteiger partial charge is 0.252 e. The summed E-state index contributed by atoms with van der Waals surface area (Å²) in [7, 11) is 0. The molecular weight excluding hydrogens is 252 g/mol. The molecule has 0 atom stereocenters. The number of benzene rings is 1. The lowest BCUT2D eigenvalue weighted by Gasteiger charge is -2.29. The van der Waals surface area contributed by atoms with Crippen LogP contribution in [0.2, 0.25) is 0 Å². The summed E-state index contributed by atoms with van der Waals surface area (Å²) < 4.78 is 0. The molecule has 0 saturated carbocycles. The highest BCUT2D eigenvalue weighted by atomic mass is 16.2. The third-order valence-corrected chi connectivity index (χ3v) is 4.19. The van der Waals surface area contributed by atoms with Crippen LogP contribution in [0.1, 0.15) is 37.8 Å². The number of nitrogens with one attached hydrogen (secondary N) is 1. The van der Waals surface area contributed by atoms with Gasteiger partial charge in [-0.1, -0.05) is 6.07 Å². The number of hydrogen-bond acceptors (Lipinski definition) is 2. The molecule has 1 aliphatic carbocycles. The van der Waals surface area contributed by atoms with E-state index in [9.17, 15) is 9.59 Å². The Morgan fingerprint density at radius 2 is 1.85 bits per heavy atom. The van der Waals surface area contributed by atoms with Crippen molar-refractivity contribution in [1.82, 2.24) is 5.32 Å². The van der Waals surface area contributed by atoms with Crippen molar-refractivity contribution >= 4 is 17.5 Å². The van der Waals surface area contributed by atoms with E-state index < -0.39 is 5.54 Å². The summed E-state index contributed by atoms with van der Waals surface area (Å²) in [6.07, 6.45) is 3.77. The van der Waals surface area contributed by atoms with Crippen LogP contribution in [0, 0.1) is 0 Å². The lowest BCUT2D eigenvalue weighted by Crippen LogP contribution is -2.53. The van der Waals surface area contributed by atoms with Crippen LogP contribution in [0.15, 0.2) is 18.2 Å². The molecule has 1 aliphatic heterocycles. The molecule has 1 fully saturated rings. The van der Waals surface area contributed by atoms with Gasteiger partial charge >= 0.3 is 0 Å². The van der Waals surface area contributed by atoms with Gasteiger partial charge in [-0.25, -0.2) is 0 Å². The molecule has 3 rings (SSSR count). The van der Waals surface area contributed by atoms with Crippen LogP contribution in [0.3, 0.4) is 0 Å². The largest absolute Gasteiger partial charge is 0.342 e. The van der Waals surface area contributed by atoms with Gasteiger partial charge in [0, 0.05) is 18.7 Å². The summed E-state index contributed by atoms with van der Waals surface area (Å²) in [6.45, 7) is 3.98. The van der Waals surface area contributed by atoms with Gasteiger partial charge in [0.15, 0.2) is 0 Å². The Morgan fingerprint density at radius 3 is 2.65 bits per heavy atom. The Balaban J connectivity index is 1.96. The van der Waals surface area contributed by atoms with Crippen molar-refractivity contribution in [2.24, 2.45) is 0 Å². The van der Waals surface area contributed by atoms with E-state index in [0.717, 1.165) is 18.5 Å². The van der Waals surface area contributed by atoms with Crippen LogP contribution < -0.4 is 10.2 Å². The number of hydrogen-bond donors (Lipinski definition) is 1. The van der Waals surface area contributed by atoms with Crippen molar-refractivity contribution in [3.63, 3.8) is 0 Å². The highest BCUT2D eigenvalue weighted by Crippen LogP contribution is 2.28. The van der Waals surface area contributed by atoms with E-state index in [1.54, 1.807) is 18.7 Å². The van der Waals surface area contributed by atoms with E-state index in [1.165, 1.54) is 17.5 Å². The van der Waals surface area contributed by atoms with Crippen LogP contribution in [0.4, 0.5) is 5.69 Å². The Labute approximate surface area is 119 Å². The molecule has 106 valence electrons. The number of fused-ring (bicyclic) bond motifs is 1. The minimum atomic E-state index is -0.841. The van der Waals surface area contributed by atoms with Gasteiger partial charge < -0.3 is 10.2 Å². The second-order valence-electron chi connectivity index (χ2n) is 6.19. The molecule has 2 amide bonds. The van der Waals surface area contributed by atoms with E-state index in [0.29, 0.717) is 13.0 Å². The first-order valence-electron chi connectivity index (χ1n) is 7.22. The normalized spacial score (nSPS) is 21.4. The number of rotatable bonds is 1. The second kappa shape index (κ2) is 4.62. The van der Waals surface area contributed by atoms with Crippen molar-refractivity contribution in [2.45, 2.75) is 45.1 Å². The molecule has 0 unspecified atom stereocenters. The van der Waals surface area contributed by atoms with Gasteiger partial charge in [-0.3, -0.25) is 9.59 Å². The van der Waals surface area contributed by atoms with Gasteiger partial charge in [-0.05, 0) is 56.4 Å². The summed E-state index contributed by atoms with van der Waals surface area (Å²) in [5.41, 5.74) is 2.81. The topological polar surface area (TPSA) is 49.4 Å². The molecule has 2 aliphatic rings. The maximum absolute atomic E-state index is 12.6. The first-order valence-corrected chi connectivity index (χ1v) is 7.22. The molecule has 0 spiro atoms. The molecule has 1 heterocycles. The minimum absolute atomic E-state index is 0.0405. The SMILES string of the molecule is CC1(C)NC(=O)CCN(c2ccc3c(c2)CCC3)C1=O. The third kappa shape index (κ3) is 2.19. The van der Waals surface area contributed by atoms with Crippen molar-refractivity contribution in [2.75, 3.05) is 11.4 Å². The number of carbonyl (C=O) groups excluding carboxylic acids is 2. The highest BCUT2D eigenvalue weighted by Gasteiger charge is 2.37. The summed E-state index contributed by atoms with van der Waals surface area (Å²) in [4.78, 5) is 26.1. The molecular formula is C16H20N2O2. The molecule has 0 aromatic heterocycles. The average molecular weight is 272 g/mol. The zero-order valence-electron chi connectivity index (χ0n) is 12.0. The van der Waals surface area contributed by atoms with E-state index in [-0.39, 0.29) is 11.8 Å². The lowest BCUT2D eigenvalue weighted by molar-refractivity contribution is -0.128. The predicted octanol–water partition coefficient (Wildman–Crippen LogP) is 1.81. The lowest BCUT2D eigenvalue weighted by atomic mass is 10.0. The molecule has 0 radical (unpaired) electrons. The van der Waals surface area contributed by atoms with E-state index in [4.69, 9.17) is 0 Å². The maximum atomic E-state index is 12.6. The number of carbonyl (C=O) groups is 2. The Hall–Kier alpha value is -1.84. The van der Waals surface area contributed by atoms with Gasteiger partial charge in [0.2, 0.25) is 5.91 Å². The van der Waals surface area contributed by atoms with Gasteiger partial charge in [0.05, 0.1) is 0 Å². The Kier molecular flexibility index (Phi) is 3.04. The molecule has 1 aromatic rings. The third-order valence-electron chi connectivity index (χ3n) is 4.19.